The average molecular weight is 309 g/mol. The highest BCUT2D eigenvalue weighted by molar-refractivity contribution is 7.90. The number of pyridine rings is 2. The Hall–Kier alpha value is -2.35. The fourth-order valence-corrected chi connectivity index (χ4v) is 3.22. The van der Waals surface area contributed by atoms with Crippen LogP contribution in [0.15, 0.2) is 35.6 Å². The standard InChI is InChI=1S/C13H15N3O4S/c1-19-11-5-7-15-10(12(11)20-2)8-21(17,18)13-9(14)4-3-6-16-13/h3-7H,8,14H2,1-2H3. The summed E-state index contributed by atoms with van der Waals surface area (Å²) in [4.78, 5) is 7.88. The van der Waals surface area contributed by atoms with Crippen LogP contribution in [0, 0.1) is 0 Å². The smallest absolute Gasteiger partial charge is 0.203 e. The van der Waals surface area contributed by atoms with Gasteiger partial charge in [0.2, 0.25) is 9.84 Å². The summed E-state index contributed by atoms with van der Waals surface area (Å²) in [5.74, 6) is 0.305. The second-order valence-corrected chi connectivity index (χ2v) is 6.05. The maximum atomic E-state index is 12.4. The van der Waals surface area contributed by atoms with Crippen molar-refractivity contribution in [3.05, 3.63) is 36.3 Å². The SMILES string of the molecule is COc1ccnc(CS(=O)(=O)c2ncccc2N)c1OC. The molecule has 0 amide bonds. The second kappa shape index (κ2) is 5.96. The van der Waals surface area contributed by atoms with E-state index in [-0.39, 0.29) is 27.9 Å². The van der Waals surface area contributed by atoms with Gasteiger partial charge < -0.3 is 15.2 Å². The highest BCUT2D eigenvalue weighted by Gasteiger charge is 2.24. The van der Waals surface area contributed by atoms with Crippen LogP contribution in [0.3, 0.4) is 0 Å². The van der Waals surface area contributed by atoms with Gasteiger partial charge >= 0.3 is 0 Å². The summed E-state index contributed by atoms with van der Waals surface area (Å²) in [6, 6.07) is 4.64. The number of hydrogen-bond acceptors (Lipinski definition) is 7. The van der Waals surface area contributed by atoms with Crippen molar-refractivity contribution in [3.63, 3.8) is 0 Å². The monoisotopic (exact) mass is 309 g/mol. The number of methoxy groups -OCH3 is 2. The van der Waals surface area contributed by atoms with Gasteiger partial charge in [-0.25, -0.2) is 13.4 Å². The van der Waals surface area contributed by atoms with Crippen LogP contribution < -0.4 is 15.2 Å². The van der Waals surface area contributed by atoms with E-state index < -0.39 is 9.84 Å². The molecule has 0 saturated carbocycles. The molecule has 2 heterocycles. The van der Waals surface area contributed by atoms with Crippen LogP contribution in [0.25, 0.3) is 0 Å². The Morgan fingerprint density at radius 1 is 1.14 bits per heavy atom. The molecule has 2 aromatic heterocycles. The molecule has 2 aromatic rings. The zero-order valence-electron chi connectivity index (χ0n) is 11.6. The number of nitrogen functional groups attached to an aromatic ring is 1. The Bertz CT molecular complexity index is 747. The molecule has 0 radical (unpaired) electrons. The minimum absolute atomic E-state index is 0.0966. The summed E-state index contributed by atoms with van der Waals surface area (Å²) in [6.45, 7) is 0. The molecule has 0 saturated heterocycles. The first kappa shape index (κ1) is 15.0. The molecule has 0 aliphatic rings. The van der Waals surface area contributed by atoms with Crippen molar-refractivity contribution < 1.29 is 17.9 Å². The molecule has 2 rings (SSSR count). The maximum absolute atomic E-state index is 12.4. The Kier molecular flexibility index (Phi) is 4.27. The van der Waals surface area contributed by atoms with Gasteiger partial charge in [-0.1, -0.05) is 0 Å². The van der Waals surface area contributed by atoms with Gasteiger partial charge in [-0.15, -0.1) is 0 Å². The predicted octanol–water partition coefficient (Wildman–Crippen LogP) is 1.05. The molecule has 0 atom stereocenters. The summed E-state index contributed by atoms with van der Waals surface area (Å²) in [5, 5.41) is -0.170. The maximum Gasteiger partial charge on any atom is 0.203 e. The number of ether oxygens (including phenoxy) is 2. The van der Waals surface area contributed by atoms with Gasteiger partial charge in [-0.05, 0) is 12.1 Å². The lowest BCUT2D eigenvalue weighted by Crippen LogP contribution is -2.12. The zero-order chi connectivity index (χ0) is 15.5. The largest absolute Gasteiger partial charge is 0.493 e. The van der Waals surface area contributed by atoms with Crippen molar-refractivity contribution in [2.24, 2.45) is 0 Å². The average Bonchev–Trinajstić information content (AvgIpc) is 2.46. The molecule has 0 bridgehead atoms. The van der Waals surface area contributed by atoms with Crippen LogP contribution in [0.2, 0.25) is 0 Å². The first-order chi connectivity index (χ1) is 9.99. The topological polar surface area (TPSA) is 104 Å². The third-order valence-electron chi connectivity index (χ3n) is 2.79. The molecule has 21 heavy (non-hydrogen) atoms. The van der Waals surface area contributed by atoms with Gasteiger partial charge in [0.05, 0.1) is 19.9 Å². The lowest BCUT2D eigenvalue weighted by Gasteiger charge is -2.12. The molecule has 8 heteroatoms. The molecule has 0 unspecified atom stereocenters. The van der Waals surface area contributed by atoms with Crippen molar-refractivity contribution in [2.45, 2.75) is 10.8 Å². The van der Waals surface area contributed by atoms with E-state index in [4.69, 9.17) is 15.2 Å². The summed E-state index contributed by atoms with van der Waals surface area (Å²) in [5.41, 5.74) is 6.00. The van der Waals surface area contributed by atoms with Crippen LogP contribution in [-0.4, -0.2) is 32.6 Å². The van der Waals surface area contributed by atoms with Crippen LogP contribution in [0.5, 0.6) is 11.5 Å². The quantitative estimate of drug-likeness (QED) is 0.880. The number of nitrogens with two attached hydrogens (primary N) is 1. The van der Waals surface area contributed by atoms with Gasteiger partial charge in [0.25, 0.3) is 0 Å². The Morgan fingerprint density at radius 2 is 1.90 bits per heavy atom. The summed E-state index contributed by atoms with van der Waals surface area (Å²) >= 11 is 0. The molecule has 0 aliphatic carbocycles. The number of sulfone groups is 1. The Balaban J connectivity index is 2.45. The highest BCUT2D eigenvalue weighted by Crippen LogP contribution is 2.31. The second-order valence-electron chi connectivity index (χ2n) is 4.15. The van der Waals surface area contributed by atoms with Gasteiger partial charge in [-0.2, -0.15) is 0 Å². The molecule has 0 fully saturated rings. The minimum atomic E-state index is -3.74. The molecule has 0 aromatic carbocycles. The van der Waals surface area contributed by atoms with Crippen molar-refractivity contribution >= 4 is 15.5 Å². The van der Waals surface area contributed by atoms with Crippen LogP contribution >= 0.6 is 0 Å². The minimum Gasteiger partial charge on any atom is -0.493 e. The molecule has 0 spiro atoms. The fourth-order valence-electron chi connectivity index (χ4n) is 1.86. The van der Waals surface area contributed by atoms with Gasteiger partial charge in [0.15, 0.2) is 16.5 Å². The fraction of sp³-hybridized carbons (Fsp3) is 0.231. The first-order valence-electron chi connectivity index (χ1n) is 5.98. The third kappa shape index (κ3) is 3.05. The van der Waals surface area contributed by atoms with Crippen LogP contribution in [-0.2, 0) is 15.6 Å². The molecule has 0 aliphatic heterocycles. The van der Waals surface area contributed by atoms with E-state index in [9.17, 15) is 8.42 Å². The summed E-state index contributed by atoms with van der Waals surface area (Å²) < 4.78 is 35.1. The van der Waals surface area contributed by atoms with E-state index in [1.807, 2.05) is 0 Å². The molecule has 2 N–H and O–H groups in total. The van der Waals surface area contributed by atoms with Gasteiger partial charge in [-0.3, -0.25) is 4.98 Å². The number of aromatic nitrogens is 2. The van der Waals surface area contributed by atoms with Gasteiger partial charge in [0, 0.05) is 18.5 Å². The van der Waals surface area contributed by atoms with E-state index in [1.54, 1.807) is 12.1 Å². The van der Waals surface area contributed by atoms with Crippen molar-refractivity contribution in [3.8, 4) is 11.5 Å². The van der Waals surface area contributed by atoms with E-state index in [0.717, 1.165) is 0 Å². The normalized spacial score (nSPS) is 11.1. The summed E-state index contributed by atoms with van der Waals surface area (Å²) in [6.07, 6.45) is 2.83. The number of hydrogen-bond donors (Lipinski definition) is 1. The zero-order valence-corrected chi connectivity index (χ0v) is 12.4. The van der Waals surface area contributed by atoms with Crippen LogP contribution in [0.1, 0.15) is 5.69 Å². The van der Waals surface area contributed by atoms with Crippen molar-refractivity contribution in [1.29, 1.82) is 0 Å². The molecule has 112 valence electrons. The Labute approximate surface area is 122 Å². The van der Waals surface area contributed by atoms with E-state index in [2.05, 4.69) is 9.97 Å². The van der Waals surface area contributed by atoms with E-state index >= 15 is 0 Å². The molecular weight excluding hydrogens is 294 g/mol. The number of nitrogens with zero attached hydrogens (tertiary/aromatic N) is 2. The summed E-state index contributed by atoms with van der Waals surface area (Å²) in [7, 11) is -0.849. The van der Waals surface area contributed by atoms with Crippen LogP contribution in [0.4, 0.5) is 5.69 Å². The Morgan fingerprint density at radius 3 is 2.52 bits per heavy atom. The van der Waals surface area contributed by atoms with E-state index in [0.29, 0.717) is 5.75 Å². The lowest BCUT2D eigenvalue weighted by molar-refractivity contribution is 0.350. The van der Waals surface area contributed by atoms with Crippen molar-refractivity contribution in [1.82, 2.24) is 9.97 Å². The number of anilines is 1. The molecular formula is C13H15N3O4S. The predicted molar refractivity (Wildman–Crippen MR) is 76.9 cm³/mol. The van der Waals surface area contributed by atoms with Crippen molar-refractivity contribution in [2.75, 3.05) is 20.0 Å². The van der Waals surface area contributed by atoms with E-state index in [1.165, 1.54) is 32.7 Å². The third-order valence-corrected chi connectivity index (χ3v) is 4.37. The first-order valence-corrected chi connectivity index (χ1v) is 7.64. The van der Waals surface area contributed by atoms with Gasteiger partial charge in [0.1, 0.15) is 11.4 Å². The lowest BCUT2D eigenvalue weighted by atomic mass is 10.3. The highest BCUT2D eigenvalue weighted by atomic mass is 32.2. The number of rotatable bonds is 5. The molecule has 7 nitrogen and oxygen atoms in total.